The molecule has 1 rings (SSSR count). The quantitative estimate of drug-likeness (QED) is 0.846. The first-order chi connectivity index (χ1) is 7.56. The van der Waals surface area contributed by atoms with Crippen molar-refractivity contribution in [3.8, 4) is 0 Å². The van der Waals surface area contributed by atoms with Gasteiger partial charge in [-0.15, -0.1) is 11.3 Å². The molecule has 0 aliphatic heterocycles. The van der Waals surface area contributed by atoms with Gasteiger partial charge in [-0.25, -0.2) is 0 Å². The third kappa shape index (κ3) is 3.57. The Morgan fingerprint density at radius 3 is 2.69 bits per heavy atom. The minimum absolute atomic E-state index is 0.516. The van der Waals surface area contributed by atoms with E-state index in [0.717, 1.165) is 16.6 Å². The number of thiophene rings is 1. The monoisotopic (exact) mass is 306 g/mol. The summed E-state index contributed by atoms with van der Waals surface area (Å²) in [6, 6.07) is 3.59. The summed E-state index contributed by atoms with van der Waals surface area (Å²) >= 11 is 4.68. The highest BCUT2D eigenvalue weighted by atomic mass is 79.9. The zero-order chi connectivity index (χ0) is 12.1. The van der Waals surface area contributed by atoms with Crippen LogP contribution in [0.3, 0.4) is 0 Å². The zero-order valence-corrected chi connectivity index (χ0v) is 11.4. The van der Waals surface area contributed by atoms with Crippen LogP contribution in [0.15, 0.2) is 15.9 Å². The number of hydrogen-bond donors (Lipinski definition) is 2. The molecule has 5 heteroatoms. The summed E-state index contributed by atoms with van der Waals surface area (Å²) in [6.45, 7) is 2.01. The molecule has 90 valence electrons. The number of halogens is 1. The summed E-state index contributed by atoms with van der Waals surface area (Å²) in [5.41, 5.74) is 0. The molecule has 16 heavy (non-hydrogen) atoms. The Bertz CT molecular complexity index is 351. The average molecular weight is 307 g/mol. The lowest BCUT2D eigenvalue weighted by atomic mass is 9.95. The Morgan fingerprint density at radius 1 is 1.56 bits per heavy atom. The Balaban J connectivity index is 2.74. The lowest BCUT2D eigenvalue weighted by Gasteiger charge is -2.17. The van der Waals surface area contributed by atoms with Gasteiger partial charge in [0.05, 0.1) is 9.70 Å². The van der Waals surface area contributed by atoms with Gasteiger partial charge >= 0.3 is 5.97 Å². The van der Waals surface area contributed by atoms with Crippen LogP contribution in [0.1, 0.15) is 37.2 Å². The number of rotatable bonds is 6. The minimum Gasteiger partial charge on any atom is -0.481 e. The van der Waals surface area contributed by atoms with Crippen molar-refractivity contribution >= 4 is 33.2 Å². The Labute approximate surface area is 107 Å². The van der Waals surface area contributed by atoms with Crippen molar-refractivity contribution in [1.82, 2.24) is 0 Å². The van der Waals surface area contributed by atoms with Gasteiger partial charge in [0.15, 0.2) is 0 Å². The Kier molecular flexibility index (Phi) is 5.44. The molecule has 0 saturated carbocycles. The van der Waals surface area contributed by atoms with Gasteiger partial charge in [0.2, 0.25) is 0 Å². The topological polar surface area (TPSA) is 57.5 Å². The number of carboxylic acids is 1. The maximum atomic E-state index is 11.1. The molecule has 2 atom stereocenters. The highest BCUT2D eigenvalue weighted by Crippen LogP contribution is 2.33. The number of hydrogen-bond acceptors (Lipinski definition) is 3. The van der Waals surface area contributed by atoms with Crippen molar-refractivity contribution in [2.24, 2.45) is 5.92 Å². The van der Waals surface area contributed by atoms with E-state index in [1.807, 2.05) is 13.0 Å². The van der Waals surface area contributed by atoms with Crippen LogP contribution >= 0.6 is 27.3 Å². The first-order valence-electron chi connectivity index (χ1n) is 5.22. The summed E-state index contributed by atoms with van der Waals surface area (Å²) < 4.78 is 0.904. The van der Waals surface area contributed by atoms with E-state index in [-0.39, 0.29) is 0 Å². The van der Waals surface area contributed by atoms with E-state index >= 15 is 0 Å². The van der Waals surface area contributed by atoms with Gasteiger partial charge < -0.3 is 10.2 Å². The fourth-order valence-corrected chi connectivity index (χ4v) is 3.00. The molecule has 2 N–H and O–H groups in total. The van der Waals surface area contributed by atoms with Gasteiger partial charge in [-0.2, -0.15) is 0 Å². The number of carboxylic acid groups (broad SMARTS) is 1. The van der Waals surface area contributed by atoms with Gasteiger partial charge in [-0.1, -0.05) is 19.8 Å². The number of aliphatic carboxylic acids is 1. The van der Waals surface area contributed by atoms with Crippen molar-refractivity contribution in [2.45, 2.75) is 32.3 Å². The van der Waals surface area contributed by atoms with Crippen molar-refractivity contribution in [3.05, 3.63) is 20.8 Å². The maximum Gasteiger partial charge on any atom is 0.309 e. The molecule has 0 bridgehead atoms. The van der Waals surface area contributed by atoms with E-state index in [2.05, 4.69) is 15.9 Å². The van der Waals surface area contributed by atoms with E-state index < -0.39 is 18.0 Å². The molecule has 1 heterocycles. The van der Waals surface area contributed by atoms with E-state index in [1.54, 1.807) is 6.07 Å². The largest absolute Gasteiger partial charge is 0.481 e. The van der Waals surface area contributed by atoms with Crippen LogP contribution in [0.2, 0.25) is 0 Å². The minimum atomic E-state index is -0.925. The fraction of sp³-hybridized carbons (Fsp3) is 0.545. The average Bonchev–Trinajstić information content (AvgIpc) is 2.64. The smallest absolute Gasteiger partial charge is 0.309 e. The molecule has 2 unspecified atom stereocenters. The van der Waals surface area contributed by atoms with Gasteiger partial charge in [0.1, 0.15) is 6.10 Å². The van der Waals surface area contributed by atoms with Gasteiger partial charge in [-0.05, 0) is 34.5 Å². The third-order valence-electron chi connectivity index (χ3n) is 2.45. The molecular formula is C11H15BrO3S. The second kappa shape index (κ2) is 6.37. The van der Waals surface area contributed by atoms with Crippen molar-refractivity contribution in [1.29, 1.82) is 0 Å². The second-order valence-corrected chi connectivity index (χ2v) is 6.17. The molecular weight excluding hydrogens is 292 g/mol. The van der Waals surface area contributed by atoms with E-state index in [4.69, 9.17) is 5.11 Å². The summed E-state index contributed by atoms with van der Waals surface area (Å²) in [7, 11) is 0. The van der Waals surface area contributed by atoms with Crippen molar-refractivity contribution < 1.29 is 15.0 Å². The lowest BCUT2D eigenvalue weighted by molar-refractivity contribution is -0.146. The SMILES string of the molecule is CCCCC(C(=O)O)C(O)c1ccc(Br)s1. The normalized spacial score (nSPS) is 14.7. The van der Waals surface area contributed by atoms with Crippen molar-refractivity contribution in [2.75, 3.05) is 0 Å². The summed E-state index contributed by atoms with van der Waals surface area (Å²) in [5.74, 6) is -1.63. The molecule has 0 fully saturated rings. The highest BCUT2D eigenvalue weighted by Gasteiger charge is 2.28. The molecule has 0 spiro atoms. The van der Waals surface area contributed by atoms with E-state index in [9.17, 15) is 9.90 Å². The molecule has 0 aromatic carbocycles. The zero-order valence-electron chi connectivity index (χ0n) is 9.02. The molecule has 0 radical (unpaired) electrons. The standard InChI is InChI=1S/C11H15BrO3S/c1-2-3-4-7(11(14)15)10(13)8-5-6-9(12)16-8/h5-7,10,13H,2-4H2,1H3,(H,14,15). The van der Waals surface area contributed by atoms with Crippen LogP contribution in [0.5, 0.6) is 0 Å². The maximum absolute atomic E-state index is 11.1. The van der Waals surface area contributed by atoms with Gasteiger partial charge in [0.25, 0.3) is 0 Å². The van der Waals surface area contributed by atoms with E-state index in [1.165, 1.54) is 11.3 Å². The number of aliphatic hydroxyl groups excluding tert-OH is 1. The molecule has 0 amide bonds. The summed E-state index contributed by atoms with van der Waals surface area (Å²) in [6.07, 6.45) is 1.37. The number of aliphatic hydroxyl groups is 1. The summed E-state index contributed by atoms with van der Waals surface area (Å²) in [5, 5.41) is 19.1. The van der Waals surface area contributed by atoms with E-state index in [0.29, 0.717) is 11.3 Å². The predicted octanol–water partition coefficient (Wildman–Crippen LogP) is 3.44. The first-order valence-corrected chi connectivity index (χ1v) is 6.83. The van der Waals surface area contributed by atoms with Crippen LogP contribution in [0.4, 0.5) is 0 Å². The molecule has 1 aromatic heterocycles. The Hall–Kier alpha value is -0.390. The third-order valence-corrected chi connectivity index (χ3v) is 4.15. The molecule has 0 saturated heterocycles. The first kappa shape index (κ1) is 13.7. The van der Waals surface area contributed by atoms with Crippen LogP contribution in [0, 0.1) is 5.92 Å². The fourth-order valence-electron chi connectivity index (χ4n) is 1.53. The molecule has 1 aromatic rings. The van der Waals surface area contributed by atoms with Gasteiger partial charge in [-0.3, -0.25) is 4.79 Å². The highest BCUT2D eigenvalue weighted by molar-refractivity contribution is 9.11. The number of unbranched alkanes of at least 4 members (excludes halogenated alkanes) is 1. The molecule has 0 aliphatic rings. The Morgan fingerprint density at radius 2 is 2.25 bits per heavy atom. The van der Waals surface area contributed by atoms with Crippen LogP contribution in [-0.4, -0.2) is 16.2 Å². The molecule has 0 aliphatic carbocycles. The predicted molar refractivity (Wildman–Crippen MR) is 67.6 cm³/mol. The number of carbonyl (C=O) groups is 1. The molecule has 3 nitrogen and oxygen atoms in total. The van der Waals surface area contributed by atoms with Crippen LogP contribution in [0.25, 0.3) is 0 Å². The lowest BCUT2D eigenvalue weighted by Crippen LogP contribution is -2.21. The van der Waals surface area contributed by atoms with Crippen LogP contribution in [-0.2, 0) is 4.79 Å². The van der Waals surface area contributed by atoms with Gasteiger partial charge in [0, 0.05) is 4.88 Å². The second-order valence-electron chi connectivity index (χ2n) is 3.67. The summed E-state index contributed by atoms with van der Waals surface area (Å²) in [4.78, 5) is 11.8. The van der Waals surface area contributed by atoms with Crippen molar-refractivity contribution in [3.63, 3.8) is 0 Å². The van der Waals surface area contributed by atoms with Crippen LogP contribution < -0.4 is 0 Å².